The number of thiazole rings is 1. The van der Waals surface area contributed by atoms with Gasteiger partial charge in [-0.25, -0.2) is 4.98 Å². The van der Waals surface area contributed by atoms with Crippen LogP contribution in [-0.4, -0.2) is 4.98 Å². The van der Waals surface area contributed by atoms with Gasteiger partial charge < -0.3 is 5.73 Å². The molecule has 0 radical (unpaired) electrons. The maximum Gasteiger partial charge on any atom is 0.0795 e. The summed E-state index contributed by atoms with van der Waals surface area (Å²) in [6, 6.07) is 2.06. The fourth-order valence-corrected chi connectivity index (χ4v) is 3.37. The number of thiophene rings is 1. The number of hydrogen-bond acceptors (Lipinski definition) is 4. The molecule has 2 aromatic rings. The van der Waals surface area contributed by atoms with Gasteiger partial charge in [0.2, 0.25) is 0 Å². The van der Waals surface area contributed by atoms with E-state index in [9.17, 15) is 0 Å². The van der Waals surface area contributed by atoms with Gasteiger partial charge in [-0.05, 0) is 27.4 Å². The van der Waals surface area contributed by atoms with Crippen molar-refractivity contribution >= 4 is 38.6 Å². The second kappa shape index (κ2) is 4.53. The number of halogens is 1. The molecule has 0 saturated heterocycles. The summed E-state index contributed by atoms with van der Waals surface area (Å²) in [5.41, 5.74) is 8.83. The van der Waals surface area contributed by atoms with Crippen molar-refractivity contribution in [2.24, 2.45) is 5.73 Å². The third kappa shape index (κ3) is 2.23. The van der Waals surface area contributed by atoms with Gasteiger partial charge in [0.1, 0.15) is 0 Å². The molecule has 0 saturated carbocycles. The molecule has 0 aromatic carbocycles. The third-order valence-electron chi connectivity index (χ3n) is 1.93. The second-order valence-corrected chi connectivity index (χ2v) is 5.49. The Hall–Kier alpha value is -0.230. The van der Waals surface area contributed by atoms with E-state index in [4.69, 9.17) is 5.73 Å². The van der Waals surface area contributed by atoms with E-state index in [-0.39, 0.29) is 6.04 Å². The van der Waals surface area contributed by atoms with Crippen LogP contribution in [0.3, 0.4) is 0 Å². The van der Waals surface area contributed by atoms with E-state index < -0.39 is 0 Å². The van der Waals surface area contributed by atoms with Crippen LogP contribution in [0.4, 0.5) is 0 Å². The lowest BCUT2D eigenvalue weighted by molar-refractivity contribution is 0.708. The summed E-state index contributed by atoms with van der Waals surface area (Å²) in [5, 5.41) is 4.07. The average molecular weight is 289 g/mol. The number of hydrogen-bond donors (Lipinski definition) is 1. The SMILES string of the molecule is NC(Cc1sccc1Br)c1cscn1. The monoisotopic (exact) mass is 288 g/mol. The number of nitrogens with zero attached hydrogens (tertiary/aromatic N) is 1. The molecule has 14 heavy (non-hydrogen) atoms. The van der Waals surface area contributed by atoms with Crippen LogP contribution in [-0.2, 0) is 6.42 Å². The molecule has 2 rings (SSSR count). The van der Waals surface area contributed by atoms with E-state index in [1.54, 1.807) is 22.7 Å². The first-order valence-corrected chi connectivity index (χ1v) is 6.74. The van der Waals surface area contributed by atoms with Crippen LogP contribution in [0, 0.1) is 0 Å². The molecule has 0 aliphatic carbocycles. The fraction of sp³-hybridized carbons (Fsp3) is 0.222. The number of rotatable bonds is 3. The van der Waals surface area contributed by atoms with Crippen molar-refractivity contribution in [2.75, 3.05) is 0 Å². The van der Waals surface area contributed by atoms with E-state index >= 15 is 0 Å². The Balaban J connectivity index is 2.09. The molecule has 0 bridgehead atoms. The molecule has 0 amide bonds. The molecule has 2 heterocycles. The molecule has 0 fully saturated rings. The highest BCUT2D eigenvalue weighted by Gasteiger charge is 2.11. The highest BCUT2D eigenvalue weighted by atomic mass is 79.9. The maximum absolute atomic E-state index is 6.03. The molecular formula is C9H9BrN2S2. The second-order valence-electron chi connectivity index (χ2n) is 2.92. The van der Waals surface area contributed by atoms with Crippen LogP contribution in [0.15, 0.2) is 26.8 Å². The zero-order chi connectivity index (χ0) is 9.97. The van der Waals surface area contributed by atoms with E-state index in [0.717, 1.165) is 16.6 Å². The quantitative estimate of drug-likeness (QED) is 0.942. The predicted octanol–water partition coefficient (Wildman–Crippen LogP) is 3.21. The highest BCUT2D eigenvalue weighted by molar-refractivity contribution is 9.10. The highest BCUT2D eigenvalue weighted by Crippen LogP contribution is 2.27. The maximum atomic E-state index is 6.03. The van der Waals surface area contributed by atoms with Gasteiger partial charge in [0.05, 0.1) is 17.2 Å². The van der Waals surface area contributed by atoms with Gasteiger partial charge in [-0.1, -0.05) is 0 Å². The van der Waals surface area contributed by atoms with Crippen LogP contribution in [0.5, 0.6) is 0 Å². The summed E-state index contributed by atoms with van der Waals surface area (Å²) in [6.07, 6.45) is 0.849. The van der Waals surface area contributed by atoms with E-state index in [2.05, 4.69) is 26.3 Å². The van der Waals surface area contributed by atoms with Crippen molar-refractivity contribution < 1.29 is 0 Å². The Kier molecular flexibility index (Phi) is 3.33. The van der Waals surface area contributed by atoms with Gasteiger partial charge in [-0.2, -0.15) is 0 Å². The first-order chi connectivity index (χ1) is 6.77. The zero-order valence-electron chi connectivity index (χ0n) is 7.31. The Morgan fingerprint density at radius 1 is 1.57 bits per heavy atom. The molecular weight excluding hydrogens is 280 g/mol. The van der Waals surface area contributed by atoms with Gasteiger partial charge in [-0.15, -0.1) is 22.7 Å². The topological polar surface area (TPSA) is 38.9 Å². The van der Waals surface area contributed by atoms with Crippen molar-refractivity contribution in [3.8, 4) is 0 Å². The molecule has 2 aromatic heterocycles. The summed E-state index contributed by atoms with van der Waals surface area (Å²) in [5.74, 6) is 0. The molecule has 5 heteroatoms. The molecule has 2 N–H and O–H groups in total. The Morgan fingerprint density at radius 2 is 2.43 bits per heavy atom. The van der Waals surface area contributed by atoms with Gasteiger partial charge in [0, 0.05) is 21.2 Å². The summed E-state index contributed by atoms with van der Waals surface area (Å²) in [7, 11) is 0. The Morgan fingerprint density at radius 3 is 3.00 bits per heavy atom. The smallest absolute Gasteiger partial charge is 0.0795 e. The van der Waals surface area contributed by atoms with Crippen molar-refractivity contribution in [1.82, 2.24) is 4.98 Å². The first kappa shape index (κ1) is 10.3. The van der Waals surface area contributed by atoms with E-state index in [1.807, 2.05) is 17.0 Å². The van der Waals surface area contributed by atoms with Crippen molar-refractivity contribution in [3.05, 3.63) is 37.4 Å². The fourth-order valence-electron chi connectivity index (χ4n) is 1.18. The Bertz CT molecular complexity index is 397. The van der Waals surface area contributed by atoms with Crippen LogP contribution < -0.4 is 5.73 Å². The van der Waals surface area contributed by atoms with Crippen LogP contribution >= 0.6 is 38.6 Å². The summed E-state index contributed by atoms with van der Waals surface area (Å²) < 4.78 is 1.15. The molecule has 1 unspecified atom stereocenters. The molecule has 0 aliphatic rings. The summed E-state index contributed by atoms with van der Waals surface area (Å²) in [4.78, 5) is 5.49. The Labute approximate surface area is 98.9 Å². The number of aromatic nitrogens is 1. The lowest BCUT2D eigenvalue weighted by atomic mass is 10.1. The van der Waals surface area contributed by atoms with Gasteiger partial charge in [-0.3, -0.25) is 0 Å². The molecule has 2 nitrogen and oxygen atoms in total. The van der Waals surface area contributed by atoms with Gasteiger partial charge in [0.15, 0.2) is 0 Å². The first-order valence-electron chi connectivity index (χ1n) is 4.13. The van der Waals surface area contributed by atoms with Crippen molar-refractivity contribution in [2.45, 2.75) is 12.5 Å². The lowest BCUT2D eigenvalue weighted by Gasteiger charge is -2.07. The van der Waals surface area contributed by atoms with E-state index in [0.29, 0.717) is 0 Å². The van der Waals surface area contributed by atoms with Gasteiger partial charge in [0.25, 0.3) is 0 Å². The molecule has 0 aliphatic heterocycles. The van der Waals surface area contributed by atoms with Gasteiger partial charge >= 0.3 is 0 Å². The standard InChI is InChI=1S/C9H9BrN2S2/c10-6-1-2-14-9(6)3-7(11)8-4-13-5-12-8/h1-2,4-5,7H,3,11H2. The van der Waals surface area contributed by atoms with Crippen LogP contribution in [0.2, 0.25) is 0 Å². The average Bonchev–Trinajstić information content (AvgIpc) is 2.77. The molecule has 0 spiro atoms. The normalized spacial score (nSPS) is 13.0. The minimum Gasteiger partial charge on any atom is -0.322 e. The summed E-state index contributed by atoms with van der Waals surface area (Å²) >= 11 is 6.80. The summed E-state index contributed by atoms with van der Waals surface area (Å²) in [6.45, 7) is 0. The lowest BCUT2D eigenvalue weighted by Crippen LogP contribution is -2.13. The third-order valence-corrected chi connectivity index (χ3v) is 4.48. The molecule has 74 valence electrons. The number of nitrogens with two attached hydrogens (primary N) is 1. The van der Waals surface area contributed by atoms with Crippen molar-refractivity contribution in [3.63, 3.8) is 0 Å². The van der Waals surface area contributed by atoms with Crippen molar-refractivity contribution in [1.29, 1.82) is 0 Å². The largest absolute Gasteiger partial charge is 0.322 e. The molecule has 1 atom stereocenters. The minimum absolute atomic E-state index is 0.0104. The minimum atomic E-state index is 0.0104. The van der Waals surface area contributed by atoms with E-state index in [1.165, 1.54) is 4.88 Å². The zero-order valence-corrected chi connectivity index (χ0v) is 10.5. The van der Waals surface area contributed by atoms with Crippen LogP contribution in [0.1, 0.15) is 16.6 Å². The van der Waals surface area contributed by atoms with Crippen LogP contribution in [0.25, 0.3) is 0 Å². The predicted molar refractivity (Wildman–Crippen MR) is 64.8 cm³/mol.